The van der Waals surface area contributed by atoms with Crippen LogP contribution >= 0.6 is 0 Å². The van der Waals surface area contributed by atoms with Crippen LogP contribution in [0.3, 0.4) is 0 Å². The zero-order valence-electron chi connectivity index (χ0n) is 5.41. The molecule has 1 heterocycles. The molecule has 1 atom stereocenters. The first-order valence-electron chi connectivity index (χ1n) is 2.96. The van der Waals surface area contributed by atoms with Crippen LogP contribution < -0.4 is 5.73 Å². The second-order valence-corrected chi connectivity index (χ2v) is 1.94. The Morgan fingerprint density at radius 3 is 3.20 bits per heavy atom. The summed E-state index contributed by atoms with van der Waals surface area (Å²) >= 11 is 0. The molecule has 4 heteroatoms. The zero-order valence-corrected chi connectivity index (χ0v) is 5.41. The Morgan fingerprint density at radius 1 is 1.90 bits per heavy atom. The van der Waals surface area contributed by atoms with E-state index < -0.39 is 0 Å². The Kier molecular flexibility index (Phi) is 2.03. The van der Waals surface area contributed by atoms with Crippen LogP contribution in [0.2, 0.25) is 0 Å². The van der Waals surface area contributed by atoms with Crippen LogP contribution in [0.25, 0.3) is 0 Å². The highest BCUT2D eigenvalue weighted by molar-refractivity contribution is 4.97. The molecule has 3 N–H and O–H groups in total. The molecule has 1 aromatic rings. The summed E-state index contributed by atoms with van der Waals surface area (Å²) in [7, 11) is 0. The monoisotopic (exact) mass is 136 g/mol. The summed E-state index contributed by atoms with van der Waals surface area (Å²) in [6, 6.07) is 1.69. The van der Waals surface area contributed by atoms with E-state index in [-0.39, 0.29) is 6.04 Å². The van der Waals surface area contributed by atoms with E-state index in [1.807, 2.05) is 6.07 Å². The number of H-pyrrole nitrogens is 1. The number of aromatic nitrogens is 2. The molecule has 0 unspecified atom stereocenters. The van der Waals surface area contributed by atoms with Gasteiger partial charge in [0.05, 0.1) is 18.5 Å². The molecule has 0 aliphatic carbocycles. The Balaban J connectivity index is 2.61. The normalized spacial score (nSPS) is 12.4. The van der Waals surface area contributed by atoms with E-state index in [4.69, 9.17) is 11.0 Å². The summed E-state index contributed by atoms with van der Waals surface area (Å²) in [4.78, 5) is 6.74. The highest BCUT2D eigenvalue weighted by Gasteiger charge is 2.05. The fraction of sp³-hybridized carbons (Fsp3) is 0.333. The lowest BCUT2D eigenvalue weighted by molar-refractivity contribution is 0.699. The second kappa shape index (κ2) is 2.99. The third kappa shape index (κ3) is 1.33. The van der Waals surface area contributed by atoms with Crippen LogP contribution in [0.4, 0.5) is 0 Å². The number of hydrogen-bond acceptors (Lipinski definition) is 3. The van der Waals surface area contributed by atoms with Crippen LogP contribution in [0.15, 0.2) is 12.4 Å². The standard InChI is InChI=1S/C6H8N4/c7-2-1-5(8)6-9-3-4-10-6/h3-5H,1,8H2,(H,9,10)/t5-/m1/s1. The maximum atomic E-state index is 8.26. The van der Waals surface area contributed by atoms with Crippen molar-refractivity contribution in [3.63, 3.8) is 0 Å². The molecule has 0 spiro atoms. The molecule has 0 fully saturated rings. The lowest BCUT2D eigenvalue weighted by Crippen LogP contribution is -2.10. The minimum atomic E-state index is -0.278. The topological polar surface area (TPSA) is 78.5 Å². The van der Waals surface area contributed by atoms with E-state index in [0.29, 0.717) is 12.2 Å². The largest absolute Gasteiger partial charge is 0.347 e. The zero-order chi connectivity index (χ0) is 7.40. The summed E-state index contributed by atoms with van der Waals surface area (Å²) in [5.74, 6) is 0.668. The van der Waals surface area contributed by atoms with Gasteiger partial charge in [-0.15, -0.1) is 0 Å². The predicted molar refractivity (Wildman–Crippen MR) is 35.7 cm³/mol. The van der Waals surface area contributed by atoms with Crippen LogP contribution in [0, 0.1) is 11.3 Å². The number of nitrogens with one attached hydrogen (secondary N) is 1. The maximum Gasteiger partial charge on any atom is 0.124 e. The summed E-state index contributed by atoms with van der Waals surface area (Å²) in [6.07, 6.45) is 3.60. The average molecular weight is 136 g/mol. The number of nitriles is 1. The first kappa shape index (κ1) is 6.78. The third-order valence-corrected chi connectivity index (χ3v) is 1.18. The van der Waals surface area contributed by atoms with Gasteiger partial charge in [0, 0.05) is 12.4 Å². The van der Waals surface area contributed by atoms with Crippen molar-refractivity contribution in [2.24, 2.45) is 5.73 Å². The summed E-state index contributed by atoms with van der Waals surface area (Å²) < 4.78 is 0. The van der Waals surface area contributed by atoms with Gasteiger partial charge in [-0.1, -0.05) is 0 Å². The van der Waals surface area contributed by atoms with Gasteiger partial charge in [-0.05, 0) is 0 Å². The van der Waals surface area contributed by atoms with Gasteiger partial charge in [-0.3, -0.25) is 0 Å². The molecule has 0 radical (unpaired) electrons. The highest BCUT2D eigenvalue weighted by Crippen LogP contribution is 2.05. The fourth-order valence-corrected chi connectivity index (χ4v) is 0.675. The van der Waals surface area contributed by atoms with Crippen LogP contribution in [-0.2, 0) is 0 Å². The van der Waals surface area contributed by atoms with Crippen molar-refractivity contribution < 1.29 is 0 Å². The van der Waals surface area contributed by atoms with Gasteiger partial charge in [0.1, 0.15) is 5.82 Å². The Hall–Kier alpha value is -1.34. The number of aromatic amines is 1. The molecule has 0 amide bonds. The van der Waals surface area contributed by atoms with E-state index in [9.17, 15) is 0 Å². The molecule has 0 saturated carbocycles. The summed E-state index contributed by atoms with van der Waals surface area (Å²) in [5.41, 5.74) is 5.53. The SMILES string of the molecule is N#CC[C@@H](N)c1ncc[nH]1. The minimum absolute atomic E-state index is 0.278. The van der Waals surface area contributed by atoms with E-state index in [0.717, 1.165) is 0 Å². The molecular weight excluding hydrogens is 128 g/mol. The van der Waals surface area contributed by atoms with Gasteiger partial charge < -0.3 is 10.7 Å². The van der Waals surface area contributed by atoms with Crippen molar-refractivity contribution in [1.82, 2.24) is 9.97 Å². The van der Waals surface area contributed by atoms with Crippen LogP contribution in [0.5, 0.6) is 0 Å². The number of rotatable bonds is 2. The molecule has 52 valence electrons. The lowest BCUT2D eigenvalue weighted by Gasteiger charge is -2.00. The molecule has 0 aliphatic heterocycles. The smallest absolute Gasteiger partial charge is 0.124 e. The van der Waals surface area contributed by atoms with Crippen LogP contribution in [-0.4, -0.2) is 9.97 Å². The summed E-state index contributed by atoms with van der Waals surface area (Å²) in [6.45, 7) is 0. The third-order valence-electron chi connectivity index (χ3n) is 1.18. The van der Waals surface area contributed by atoms with E-state index in [1.54, 1.807) is 12.4 Å². The first-order valence-corrected chi connectivity index (χ1v) is 2.96. The van der Waals surface area contributed by atoms with Gasteiger partial charge in [-0.25, -0.2) is 4.98 Å². The van der Waals surface area contributed by atoms with E-state index in [1.165, 1.54) is 0 Å². The Morgan fingerprint density at radius 2 is 2.70 bits per heavy atom. The van der Waals surface area contributed by atoms with E-state index >= 15 is 0 Å². The quantitative estimate of drug-likeness (QED) is 0.614. The minimum Gasteiger partial charge on any atom is -0.347 e. The van der Waals surface area contributed by atoms with Crippen molar-refractivity contribution in [2.45, 2.75) is 12.5 Å². The Bertz CT molecular complexity index is 220. The molecule has 4 nitrogen and oxygen atoms in total. The molecular formula is C6H8N4. The highest BCUT2D eigenvalue weighted by atomic mass is 14.9. The Labute approximate surface area is 58.7 Å². The van der Waals surface area contributed by atoms with Crippen molar-refractivity contribution in [3.05, 3.63) is 18.2 Å². The number of nitrogens with zero attached hydrogens (tertiary/aromatic N) is 2. The van der Waals surface area contributed by atoms with Crippen molar-refractivity contribution >= 4 is 0 Å². The lowest BCUT2D eigenvalue weighted by atomic mass is 10.2. The number of imidazole rings is 1. The second-order valence-electron chi connectivity index (χ2n) is 1.94. The van der Waals surface area contributed by atoms with Crippen molar-refractivity contribution in [2.75, 3.05) is 0 Å². The van der Waals surface area contributed by atoms with Gasteiger partial charge in [0.15, 0.2) is 0 Å². The van der Waals surface area contributed by atoms with Gasteiger partial charge in [0.2, 0.25) is 0 Å². The van der Waals surface area contributed by atoms with E-state index in [2.05, 4.69) is 9.97 Å². The maximum absolute atomic E-state index is 8.26. The average Bonchev–Trinajstić information content (AvgIpc) is 2.38. The van der Waals surface area contributed by atoms with Crippen molar-refractivity contribution in [1.29, 1.82) is 5.26 Å². The summed E-state index contributed by atoms with van der Waals surface area (Å²) in [5, 5.41) is 8.26. The molecule has 0 aliphatic rings. The molecule has 1 aromatic heterocycles. The number of nitrogens with two attached hydrogens (primary N) is 1. The first-order chi connectivity index (χ1) is 4.84. The fourth-order valence-electron chi connectivity index (χ4n) is 0.675. The molecule has 0 saturated heterocycles. The molecule has 1 rings (SSSR count). The predicted octanol–water partition coefficient (Wildman–Crippen LogP) is 0.323. The molecule has 0 aromatic carbocycles. The van der Waals surface area contributed by atoms with Crippen LogP contribution in [0.1, 0.15) is 18.3 Å². The number of hydrogen-bond donors (Lipinski definition) is 2. The van der Waals surface area contributed by atoms with Crippen molar-refractivity contribution in [3.8, 4) is 6.07 Å². The van der Waals surface area contributed by atoms with Gasteiger partial charge >= 0.3 is 0 Å². The molecule has 10 heavy (non-hydrogen) atoms. The molecule has 0 bridgehead atoms. The van der Waals surface area contributed by atoms with Gasteiger partial charge in [0.25, 0.3) is 0 Å². The van der Waals surface area contributed by atoms with Gasteiger partial charge in [-0.2, -0.15) is 5.26 Å².